The van der Waals surface area contributed by atoms with Crippen LogP contribution in [0, 0.1) is 5.92 Å². The average molecular weight is 212 g/mol. The van der Waals surface area contributed by atoms with Gasteiger partial charge in [-0.05, 0) is 0 Å². The summed E-state index contributed by atoms with van der Waals surface area (Å²) in [7, 11) is 0. The Morgan fingerprint density at radius 3 is 2.00 bits per heavy atom. The SMILES string of the molecule is CC1=CC(C)[C]([Ti+2])=C1.[Cl-].[Cl-]. The Kier molecular flexibility index (Phi) is 7.26. The molecule has 1 atom stereocenters. The van der Waals surface area contributed by atoms with Crippen molar-refractivity contribution in [2.24, 2.45) is 5.92 Å². The topological polar surface area (TPSA) is 0 Å². The van der Waals surface area contributed by atoms with Gasteiger partial charge in [0, 0.05) is 0 Å². The quantitative estimate of drug-likeness (QED) is 0.359. The maximum atomic E-state index is 2.29. The van der Waals surface area contributed by atoms with Crippen LogP contribution in [0.25, 0.3) is 0 Å². The summed E-state index contributed by atoms with van der Waals surface area (Å²) in [4.78, 5) is 0. The van der Waals surface area contributed by atoms with Gasteiger partial charge in [-0.25, -0.2) is 0 Å². The van der Waals surface area contributed by atoms with Crippen LogP contribution in [0.1, 0.15) is 13.8 Å². The van der Waals surface area contributed by atoms with Gasteiger partial charge in [-0.3, -0.25) is 0 Å². The summed E-state index contributed by atoms with van der Waals surface area (Å²) in [6.07, 6.45) is 4.53. The molecular weight excluding hydrogens is 203 g/mol. The number of hydrogen-bond acceptors (Lipinski definition) is 0. The van der Waals surface area contributed by atoms with E-state index in [1.165, 1.54) is 9.45 Å². The Hall–Kier alpha value is 0.774. The van der Waals surface area contributed by atoms with Gasteiger partial charge in [0.25, 0.3) is 0 Å². The summed E-state index contributed by atoms with van der Waals surface area (Å²) in [6, 6.07) is 0. The zero-order valence-electron chi connectivity index (χ0n) is 5.99. The fourth-order valence-corrected chi connectivity index (χ4v) is 1.39. The van der Waals surface area contributed by atoms with Crippen molar-refractivity contribution in [2.45, 2.75) is 13.8 Å². The second-order valence-electron chi connectivity index (χ2n) is 2.30. The van der Waals surface area contributed by atoms with Crippen LogP contribution in [0.5, 0.6) is 0 Å². The minimum absolute atomic E-state index is 0. The van der Waals surface area contributed by atoms with E-state index in [0.29, 0.717) is 5.92 Å². The minimum atomic E-state index is 0. The van der Waals surface area contributed by atoms with Gasteiger partial charge in [0.2, 0.25) is 0 Å². The molecule has 0 spiro atoms. The number of hydrogen-bond donors (Lipinski definition) is 0. The molecule has 0 N–H and O–H groups in total. The van der Waals surface area contributed by atoms with E-state index in [-0.39, 0.29) is 24.8 Å². The second-order valence-corrected chi connectivity index (χ2v) is 3.20. The molecule has 1 aliphatic rings. The Labute approximate surface area is 86.4 Å². The van der Waals surface area contributed by atoms with Gasteiger partial charge in [0.15, 0.2) is 0 Å². The van der Waals surface area contributed by atoms with Crippen LogP contribution >= 0.6 is 0 Å². The number of halogens is 2. The molecule has 0 saturated heterocycles. The third-order valence-electron chi connectivity index (χ3n) is 1.39. The van der Waals surface area contributed by atoms with Crippen LogP contribution in [0.3, 0.4) is 0 Å². The molecule has 0 amide bonds. The van der Waals surface area contributed by atoms with Crippen LogP contribution in [0.15, 0.2) is 21.6 Å². The standard InChI is InChI=1S/C7H9.2ClH.Ti/c1-6-3-4-7(2)5-6;;;/h3,5,7H,1-2H3;2*1H;/q;;;+2/p-2. The molecular formula is C7H9Cl2Ti. The monoisotopic (exact) mass is 211 g/mol. The van der Waals surface area contributed by atoms with Gasteiger partial charge in [-0.1, -0.05) is 0 Å². The molecule has 0 aliphatic heterocycles. The molecule has 1 rings (SSSR count). The van der Waals surface area contributed by atoms with Crippen LogP contribution in [-0.4, -0.2) is 0 Å². The summed E-state index contributed by atoms with van der Waals surface area (Å²) < 4.78 is 1.49. The zero-order chi connectivity index (χ0) is 6.15. The van der Waals surface area contributed by atoms with E-state index in [9.17, 15) is 0 Å². The molecule has 10 heavy (non-hydrogen) atoms. The van der Waals surface area contributed by atoms with Crippen LogP contribution in [0.4, 0.5) is 0 Å². The zero-order valence-corrected chi connectivity index (χ0v) is 9.06. The Bertz CT molecular complexity index is 161. The van der Waals surface area contributed by atoms with E-state index in [1.807, 2.05) is 0 Å². The summed E-state index contributed by atoms with van der Waals surface area (Å²) in [6.45, 7) is 4.37. The Morgan fingerprint density at radius 2 is 1.90 bits per heavy atom. The van der Waals surface area contributed by atoms with Crippen molar-refractivity contribution >= 4 is 0 Å². The second kappa shape index (κ2) is 5.43. The molecule has 0 nitrogen and oxygen atoms in total. The van der Waals surface area contributed by atoms with E-state index in [2.05, 4.69) is 46.4 Å². The van der Waals surface area contributed by atoms with Crippen molar-refractivity contribution in [1.82, 2.24) is 0 Å². The summed E-state index contributed by atoms with van der Waals surface area (Å²) in [5.74, 6) is 0.690. The molecule has 0 aromatic carbocycles. The normalized spacial score (nSPS) is 22.2. The predicted octanol–water partition coefficient (Wildman–Crippen LogP) is -3.98. The Morgan fingerprint density at radius 1 is 1.40 bits per heavy atom. The molecule has 0 aromatic heterocycles. The van der Waals surface area contributed by atoms with E-state index in [4.69, 9.17) is 0 Å². The third kappa shape index (κ3) is 3.25. The fourth-order valence-electron chi connectivity index (χ4n) is 0.909. The first-order valence-electron chi connectivity index (χ1n) is 2.82. The van der Waals surface area contributed by atoms with Crippen molar-refractivity contribution in [3.8, 4) is 0 Å². The van der Waals surface area contributed by atoms with Gasteiger partial charge >= 0.3 is 61.8 Å². The van der Waals surface area contributed by atoms with Crippen molar-refractivity contribution in [3.05, 3.63) is 21.6 Å². The molecule has 55 valence electrons. The van der Waals surface area contributed by atoms with Crippen LogP contribution < -0.4 is 24.8 Å². The van der Waals surface area contributed by atoms with Gasteiger partial charge in [0.05, 0.1) is 0 Å². The molecule has 3 heteroatoms. The van der Waals surface area contributed by atoms with Crippen molar-refractivity contribution < 1.29 is 45.2 Å². The largest absolute Gasteiger partial charge is 1.00 e. The minimum Gasteiger partial charge on any atom is -1.00 e. The molecule has 1 unspecified atom stereocenters. The van der Waals surface area contributed by atoms with E-state index < -0.39 is 0 Å². The summed E-state index contributed by atoms with van der Waals surface area (Å²) in [5, 5.41) is 0. The van der Waals surface area contributed by atoms with E-state index in [1.54, 1.807) is 0 Å². The predicted molar refractivity (Wildman–Crippen MR) is 31.0 cm³/mol. The third-order valence-corrected chi connectivity index (χ3v) is 2.32. The van der Waals surface area contributed by atoms with Gasteiger partial charge in [-0.2, -0.15) is 0 Å². The summed E-state index contributed by atoms with van der Waals surface area (Å²) in [5.41, 5.74) is 1.41. The average Bonchev–Trinajstić information content (AvgIpc) is 1.85. The maximum Gasteiger partial charge on any atom is -1.00 e. The van der Waals surface area contributed by atoms with Gasteiger partial charge < -0.3 is 24.8 Å². The van der Waals surface area contributed by atoms with E-state index in [0.717, 1.165) is 0 Å². The van der Waals surface area contributed by atoms with Crippen molar-refractivity contribution in [3.63, 3.8) is 0 Å². The molecule has 1 aliphatic carbocycles. The van der Waals surface area contributed by atoms with Crippen LogP contribution in [0.2, 0.25) is 0 Å². The molecule has 0 saturated carbocycles. The van der Waals surface area contributed by atoms with Crippen LogP contribution in [-0.2, 0) is 20.4 Å². The first-order chi connectivity index (χ1) is 3.70. The van der Waals surface area contributed by atoms with Gasteiger partial charge in [0.1, 0.15) is 0 Å². The number of rotatable bonds is 0. The van der Waals surface area contributed by atoms with Crippen molar-refractivity contribution in [1.29, 1.82) is 0 Å². The fraction of sp³-hybridized carbons (Fsp3) is 0.429. The maximum absolute atomic E-state index is 2.29. The number of allylic oxidation sites excluding steroid dienone is 4. The molecule has 0 bridgehead atoms. The summed E-state index contributed by atoms with van der Waals surface area (Å²) >= 11 is 2.18. The smallest absolute Gasteiger partial charge is 1.00 e. The van der Waals surface area contributed by atoms with Gasteiger partial charge in [-0.15, -0.1) is 0 Å². The Balaban J connectivity index is 0. The van der Waals surface area contributed by atoms with E-state index >= 15 is 0 Å². The molecule has 0 heterocycles. The molecule has 0 fully saturated rings. The first-order valence-corrected chi connectivity index (χ1v) is 3.60. The molecule has 0 radical (unpaired) electrons. The molecule has 0 aromatic rings. The first kappa shape index (κ1) is 13.4. The van der Waals surface area contributed by atoms with Crippen molar-refractivity contribution in [2.75, 3.05) is 0 Å².